The van der Waals surface area contributed by atoms with Gasteiger partial charge >= 0.3 is 6.18 Å². The Morgan fingerprint density at radius 2 is 2.00 bits per heavy atom. The SMILES string of the molecule is Cc1nc2c(c(-n3nc(C(F)(F)F)cc3C(C)C)n1)CCN2. The zero-order chi connectivity index (χ0) is 16.1. The van der Waals surface area contributed by atoms with E-state index in [1.54, 1.807) is 6.92 Å². The first-order chi connectivity index (χ1) is 10.3. The molecule has 0 saturated carbocycles. The minimum absolute atomic E-state index is 0.108. The van der Waals surface area contributed by atoms with Gasteiger partial charge in [-0.1, -0.05) is 13.8 Å². The van der Waals surface area contributed by atoms with Crippen LogP contribution in [0.1, 0.15) is 42.5 Å². The largest absolute Gasteiger partial charge is 0.435 e. The van der Waals surface area contributed by atoms with E-state index < -0.39 is 11.9 Å². The number of fused-ring (bicyclic) bond motifs is 1. The molecule has 1 aliphatic rings. The van der Waals surface area contributed by atoms with E-state index in [0.717, 1.165) is 11.6 Å². The van der Waals surface area contributed by atoms with Crippen molar-refractivity contribution in [2.24, 2.45) is 0 Å². The van der Waals surface area contributed by atoms with Gasteiger partial charge in [0.05, 0.1) is 0 Å². The number of aromatic nitrogens is 4. The van der Waals surface area contributed by atoms with E-state index in [1.807, 2.05) is 13.8 Å². The molecule has 0 saturated heterocycles. The lowest BCUT2D eigenvalue weighted by atomic mass is 10.1. The molecule has 0 atom stereocenters. The maximum absolute atomic E-state index is 13.0. The molecule has 8 heteroatoms. The molecule has 3 rings (SSSR count). The summed E-state index contributed by atoms with van der Waals surface area (Å²) in [6.45, 7) is 6.08. The molecule has 22 heavy (non-hydrogen) atoms. The highest BCUT2D eigenvalue weighted by atomic mass is 19.4. The molecule has 5 nitrogen and oxygen atoms in total. The van der Waals surface area contributed by atoms with Gasteiger partial charge in [0.2, 0.25) is 0 Å². The Labute approximate surface area is 125 Å². The zero-order valence-corrected chi connectivity index (χ0v) is 12.5. The minimum atomic E-state index is -4.47. The average molecular weight is 311 g/mol. The van der Waals surface area contributed by atoms with E-state index in [1.165, 1.54) is 4.68 Å². The van der Waals surface area contributed by atoms with Crippen molar-refractivity contribution < 1.29 is 13.2 Å². The lowest BCUT2D eigenvalue weighted by Gasteiger charge is -2.12. The van der Waals surface area contributed by atoms with Gasteiger partial charge in [0.25, 0.3) is 0 Å². The number of alkyl halides is 3. The Balaban J connectivity index is 2.22. The summed E-state index contributed by atoms with van der Waals surface area (Å²) in [4.78, 5) is 8.62. The minimum Gasteiger partial charge on any atom is -0.369 e. The fourth-order valence-corrected chi connectivity index (χ4v) is 2.55. The van der Waals surface area contributed by atoms with Gasteiger partial charge < -0.3 is 5.32 Å². The number of hydrogen-bond donors (Lipinski definition) is 1. The summed E-state index contributed by atoms with van der Waals surface area (Å²) in [5, 5.41) is 6.89. The second-order valence-electron chi connectivity index (χ2n) is 5.62. The van der Waals surface area contributed by atoms with Crippen LogP contribution in [0.25, 0.3) is 5.82 Å². The summed E-state index contributed by atoms with van der Waals surface area (Å²) in [6, 6.07) is 1.09. The molecule has 0 aromatic carbocycles. The molecule has 1 aliphatic heterocycles. The van der Waals surface area contributed by atoms with Gasteiger partial charge in [-0.05, 0) is 25.3 Å². The number of rotatable bonds is 2. The van der Waals surface area contributed by atoms with Crippen LogP contribution in [0.2, 0.25) is 0 Å². The Morgan fingerprint density at radius 3 is 2.64 bits per heavy atom. The monoisotopic (exact) mass is 311 g/mol. The zero-order valence-electron chi connectivity index (χ0n) is 12.5. The molecular weight excluding hydrogens is 295 g/mol. The van der Waals surface area contributed by atoms with Crippen LogP contribution in [0.3, 0.4) is 0 Å². The van der Waals surface area contributed by atoms with Crippen molar-refractivity contribution in [1.29, 1.82) is 0 Å². The van der Waals surface area contributed by atoms with Crippen LogP contribution in [-0.4, -0.2) is 26.3 Å². The topological polar surface area (TPSA) is 55.6 Å². The third kappa shape index (κ3) is 2.42. The summed E-state index contributed by atoms with van der Waals surface area (Å²) < 4.78 is 40.3. The van der Waals surface area contributed by atoms with Crippen molar-refractivity contribution in [3.05, 3.63) is 28.8 Å². The summed E-state index contributed by atoms with van der Waals surface area (Å²) in [6.07, 6.45) is -3.80. The molecule has 2 aromatic rings. The number of halogens is 3. The van der Waals surface area contributed by atoms with Gasteiger partial charge in [-0.3, -0.25) is 0 Å². The molecule has 0 bridgehead atoms. The predicted molar refractivity (Wildman–Crippen MR) is 75.2 cm³/mol. The van der Waals surface area contributed by atoms with Gasteiger partial charge in [0.1, 0.15) is 11.6 Å². The molecular formula is C14H16F3N5. The highest BCUT2D eigenvalue weighted by Crippen LogP contribution is 2.33. The van der Waals surface area contributed by atoms with Crippen LogP contribution in [-0.2, 0) is 12.6 Å². The summed E-state index contributed by atoms with van der Waals surface area (Å²) in [5.41, 5.74) is 0.399. The number of nitrogens with zero attached hydrogens (tertiary/aromatic N) is 4. The standard InChI is InChI=1S/C14H16F3N5/c1-7(2)10-6-11(14(15,16)17)21-22(10)13-9-4-5-18-12(9)19-8(3)20-13/h6-7H,4-5H2,1-3H3,(H,18,19,20). The number of hydrogen-bond acceptors (Lipinski definition) is 4. The van der Waals surface area contributed by atoms with Crippen LogP contribution in [0, 0.1) is 6.92 Å². The van der Waals surface area contributed by atoms with Crippen LogP contribution >= 0.6 is 0 Å². The van der Waals surface area contributed by atoms with Crippen LogP contribution in [0.15, 0.2) is 6.07 Å². The normalized spacial score (nSPS) is 14.3. The van der Waals surface area contributed by atoms with Crippen LogP contribution < -0.4 is 5.32 Å². The molecule has 1 N–H and O–H groups in total. The quantitative estimate of drug-likeness (QED) is 0.926. The summed E-state index contributed by atoms with van der Waals surface area (Å²) in [5.74, 6) is 1.51. The molecule has 0 unspecified atom stereocenters. The van der Waals surface area contributed by atoms with Crippen LogP contribution in [0.5, 0.6) is 0 Å². The Hall–Kier alpha value is -2.12. The molecule has 118 valence electrons. The second kappa shape index (κ2) is 4.96. The lowest BCUT2D eigenvalue weighted by Crippen LogP contribution is -2.12. The van der Waals surface area contributed by atoms with Gasteiger partial charge in [-0.15, -0.1) is 0 Å². The first-order valence-corrected chi connectivity index (χ1v) is 7.06. The van der Waals surface area contributed by atoms with Crippen molar-refractivity contribution >= 4 is 5.82 Å². The Bertz CT molecular complexity index is 718. The van der Waals surface area contributed by atoms with Gasteiger partial charge in [0.15, 0.2) is 11.5 Å². The molecule has 0 radical (unpaired) electrons. The third-order valence-corrected chi connectivity index (χ3v) is 3.58. The smallest absolute Gasteiger partial charge is 0.369 e. The van der Waals surface area contributed by atoms with E-state index in [2.05, 4.69) is 20.4 Å². The summed E-state index contributed by atoms with van der Waals surface area (Å²) >= 11 is 0. The van der Waals surface area contributed by atoms with Crippen molar-refractivity contribution in [2.75, 3.05) is 11.9 Å². The first kappa shape index (κ1) is 14.8. The van der Waals surface area contributed by atoms with E-state index in [4.69, 9.17) is 0 Å². The number of nitrogens with one attached hydrogen (secondary N) is 1. The maximum atomic E-state index is 13.0. The van der Waals surface area contributed by atoms with E-state index in [9.17, 15) is 13.2 Å². The number of anilines is 1. The predicted octanol–water partition coefficient (Wildman–Crippen LogP) is 3.08. The molecule has 3 heterocycles. The first-order valence-electron chi connectivity index (χ1n) is 7.06. The van der Waals surface area contributed by atoms with Gasteiger partial charge in [-0.25, -0.2) is 14.6 Å². The van der Waals surface area contributed by atoms with Crippen LogP contribution in [0.4, 0.5) is 19.0 Å². The van der Waals surface area contributed by atoms with Crippen molar-refractivity contribution in [3.8, 4) is 5.82 Å². The average Bonchev–Trinajstić information content (AvgIpc) is 3.02. The molecule has 0 amide bonds. The second-order valence-corrected chi connectivity index (χ2v) is 5.62. The maximum Gasteiger partial charge on any atom is 0.435 e. The fraction of sp³-hybridized carbons (Fsp3) is 0.500. The van der Waals surface area contributed by atoms with Crippen molar-refractivity contribution in [3.63, 3.8) is 0 Å². The van der Waals surface area contributed by atoms with E-state index in [0.29, 0.717) is 36.1 Å². The lowest BCUT2D eigenvalue weighted by molar-refractivity contribution is -0.141. The highest BCUT2D eigenvalue weighted by molar-refractivity contribution is 5.56. The van der Waals surface area contributed by atoms with Crippen molar-refractivity contribution in [2.45, 2.75) is 39.3 Å². The molecule has 0 spiro atoms. The molecule has 2 aromatic heterocycles. The van der Waals surface area contributed by atoms with Gasteiger partial charge in [-0.2, -0.15) is 18.3 Å². The Morgan fingerprint density at radius 1 is 1.27 bits per heavy atom. The fourth-order valence-electron chi connectivity index (χ4n) is 2.55. The Kier molecular flexibility index (Phi) is 3.34. The third-order valence-electron chi connectivity index (χ3n) is 3.58. The molecule has 0 aliphatic carbocycles. The number of aryl methyl sites for hydroxylation is 1. The van der Waals surface area contributed by atoms with E-state index in [-0.39, 0.29) is 5.92 Å². The molecule has 0 fully saturated rings. The van der Waals surface area contributed by atoms with E-state index >= 15 is 0 Å². The summed E-state index contributed by atoms with van der Waals surface area (Å²) in [7, 11) is 0. The highest BCUT2D eigenvalue weighted by Gasteiger charge is 2.36. The van der Waals surface area contributed by atoms with Gasteiger partial charge in [0, 0.05) is 17.8 Å². The van der Waals surface area contributed by atoms with Crippen molar-refractivity contribution in [1.82, 2.24) is 19.7 Å².